The summed E-state index contributed by atoms with van der Waals surface area (Å²) in [7, 11) is 0. The summed E-state index contributed by atoms with van der Waals surface area (Å²) in [6.45, 7) is 2.28. The van der Waals surface area contributed by atoms with Gasteiger partial charge in [0.05, 0.1) is 11.3 Å². The number of carbonyl (C=O) groups is 1. The molecule has 18 heavy (non-hydrogen) atoms. The fraction of sp³-hybridized carbons (Fsp3) is 0.500. The van der Waals surface area contributed by atoms with Crippen molar-refractivity contribution < 1.29 is 9.90 Å². The third-order valence-corrected chi connectivity index (χ3v) is 4.08. The summed E-state index contributed by atoms with van der Waals surface area (Å²) in [4.78, 5) is 11.2. The fourth-order valence-corrected chi connectivity index (χ4v) is 2.81. The molecule has 1 aromatic carbocycles. The van der Waals surface area contributed by atoms with Gasteiger partial charge in [0.2, 0.25) is 0 Å². The normalized spacial score (nSPS) is 23.7. The summed E-state index contributed by atoms with van der Waals surface area (Å²) in [6.07, 6.45) is 4.67. The lowest BCUT2D eigenvalue weighted by Gasteiger charge is -2.28. The molecule has 1 saturated carbocycles. The second-order valence-electron chi connectivity index (χ2n) is 5.10. The number of benzene rings is 1. The number of anilines is 1. The molecule has 0 amide bonds. The predicted molar refractivity (Wildman–Crippen MR) is 76.1 cm³/mol. The van der Waals surface area contributed by atoms with Crippen LogP contribution in [0.5, 0.6) is 0 Å². The molecule has 3 nitrogen and oxygen atoms in total. The Bertz CT molecular complexity index is 439. The van der Waals surface area contributed by atoms with Gasteiger partial charge in [0, 0.05) is 10.5 Å². The molecule has 0 bridgehead atoms. The van der Waals surface area contributed by atoms with Crippen LogP contribution in [0.15, 0.2) is 22.7 Å². The standard InChI is InChI=1S/C14H18BrNO2/c1-9-2-5-11(6-3-9)16-13-8-10(15)4-7-12(13)14(17)18/h4,7-9,11,16H,2-3,5-6H2,1H3,(H,17,18). The van der Waals surface area contributed by atoms with Crippen molar-refractivity contribution in [1.82, 2.24) is 0 Å². The van der Waals surface area contributed by atoms with Gasteiger partial charge in [-0.25, -0.2) is 4.79 Å². The summed E-state index contributed by atoms with van der Waals surface area (Å²) in [5, 5.41) is 12.6. The molecule has 0 spiro atoms. The van der Waals surface area contributed by atoms with Gasteiger partial charge in [0.15, 0.2) is 0 Å². The SMILES string of the molecule is CC1CCC(Nc2cc(Br)ccc2C(=O)O)CC1. The molecular weight excluding hydrogens is 294 g/mol. The number of hydrogen-bond acceptors (Lipinski definition) is 2. The number of nitrogens with one attached hydrogen (secondary N) is 1. The van der Waals surface area contributed by atoms with Gasteiger partial charge >= 0.3 is 5.97 Å². The number of hydrogen-bond donors (Lipinski definition) is 2. The Morgan fingerprint density at radius 1 is 1.33 bits per heavy atom. The zero-order chi connectivity index (χ0) is 13.1. The van der Waals surface area contributed by atoms with Crippen molar-refractivity contribution in [2.24, 2.45) is 5.92 Å². The van der Waals surface area contributed by atoms with Crippen LogP contribution in [0.25, 0.3) is 0 Å². The molecule has 98 valence electrons. The van der Waals surface area contributed by atoms with Crippen LogP contribution in [0, 0.1) is 5.92 Å². The fourth-order valence-electron chi connectivity index (χ4n) is 2.45. The molecular formula is C14H18BrNO2. The van der Waals surface area contributed by atoms with E-state index in [1.807, 2.05) is 6.07 Å². The van der Waals surface area contributed by atoms with Crippen LogP contribution in [-0.2, 0) is 0 Å². The largest absolute Gasteiger partial charge is 0.478 e. The van der Waals surface area contributed by atoms with Crippen LogP contribution >= 0.6 is 15.9 Å². The summed E-state index contributed by atoms with van der Waals surface area (Å²) < 4.78 is 0.902. The Kier molecular flexibility index (Phi) is 4.27. The Morgan fingerprint density at radius 3 is 2.61 bits per heavy atom. The predicted octanol–water partition coefficient (Wildman–Crippen LogP) is 4.14. The molecule has 0 aromatic heterocycles. The minimum absolute atomic E-state index is 0.344. The van der Waals surface area contributed by atoms with Crippen LogP contribution < -0.4 is 5.32 Å². The number of rotatable bonds is 3. The molecule has 2 rings (SSSR count). The molecule has 0 aliphatic heterocycles. The number of aromatic carboxylic acids is 1. The number of carboxylic acid groups (broad SMARTS) is 1. The van der Waals surface area contributed by atoms with Gasteiger partial charge in [0.1, 0.15) is 0 Å². The molecule has 0 saturated heterocycles. The third-order valence-electron chi connectivity index (χ3n) is 3.59. The molecule has 2 N–H and O–H groups in total. The van der Waals surface area contributed by atoms with Crippen LogP contribution in [0.4, 0.5) is 5.69 Å². The zero-order valence-electron chi connectivity index (χ0n) is 10.4. The molecule has 1 fully saturated rings. The first-order valence-electron chi connectivity index (χ1n) is 6.35. The van der Waals surface area contributed by atoms with Crippen molar-refractivity contribution in [3.63, 3.8) is 0 Å². The molecule has 0 heterocycles. The maximum atomic E-state index is 11.2. The highest BCUT2D eigenvalue weighted by atomic mass is 79.9. The third kappa shape index (κ3) is 3.25. The summed E-state index contributed by atoms with van der Waals surface area (Å²) in [5.41, 5.74) is 1.06. The molecule has 0 unspecified atom stereocenters. The Hall–Kier alpha value is -1.03. The van der Waals surface area contributed by atoms with E-state index in [1.54, 1.807) is 12.1 Å². The first-order valence-corrected chi connectivity index (χ1v) is 7.15. The molecule has 4 heteroatoms. The van der Waals surface area contributed by atoms with E-state index in [9.17, 15) is 9.90 Å². The minimum Gasteiger partial charge on any atom is -0.478 e. The molecule has 0 radical (unpaired) electrons. The highest BCUT2D eigenvalue weighted by Gasteiger charge is 2.20. The zero-order valence-corrected chi connectivity index (χ0v) is 12.0. The van der Waals surface area contributed by atoms with Gasteiger partial charge < -0.3 is 10.4 Å². The second-order valence-corrected chi connectivity index (χ2v) is 6.01. The Balaban J connectivity index is 2.12. The molecule has 1 aliphatic rings. The van der Waals surface area contributed by atoms with E-state index in [2.05, 4.69) is 28.2 Å². The van der Waals surface area contributed by atoms with Gasteiger partial charge in [-0.05, 0) is 49.8 Å². The smallest absolute Gasteiger partial charge is 0.337 e. The average molecular weight is 312 g/mol. The molecule has 0 atom stereocenters. The van der Waals surface area contributed by atoms with Gasteiger partial charge in [-0.1, -0.05) is 22.9 Å². The summed E-state index contributed by atoms with van der Waals surface area (Å²) in [5.74, 6) is -0.0846. The lowest BCUT2D eigenvalue weighted by molar-refractivity contribution is 0.0698. The first kappa shape index (κ1) is 13.4. The van der Waals surface area contributed by atoms with Crippen molar-refractivity contribution in [2.45, 2.75) is 38.6 Å². The number of halogens is 1. The summed E-state index contributed by atoms with van der Waals surface area (Å²) >= 11 is 3.39. The van der Waals surface area contributed by atoms with Gasteiger partial charge in [-0.3, -0.25) is 0 Å². The van der Waals surface area contributed by atoms with E-state index in [-0.39, 0.29) is 0 Å². The van der Waals surface area contributed by atoms with E-state index in [4.69, 9.17) is 0 Å². The van der Waals surface area contributed by atoms with E-state index >= 15 is 0 Å². The second kappa shape index (κ2) is 5.74. The van der Waals surface area contributed by atoms with E-state index in [0.29, 0.717) is 11.6 Å². The van der Waals surface area contributed by atoms with Crippen LogP contribution in [-0.4, -0.2) is 17.1 Å². The van der Waals surface area contributed by atoms with E-state index in [1.165, 1.54) is 12.8 Å². The lowest BCUT2D eigenvalue weighted by atomic mass is 9.87. The van der Waals surface area contributed by atoms with Crippen molar-refractivity contribution in [3.05, 3.63) is 28.2 Å². The monoisotopic (exact) mass is 311 g/mol. The average Bonchev–Trinajstić information content (AvgIpc) is 2.32. The van der Waals surface area contributed by atoms with Crippen molar-refractivity contribution >= 4 is 27.6 Å². The van der Waals surface area contributed by atoms with E-state index in [0.717, 1.165) is 28.9 Å². The topological polar surface area (TPSA) is 49.3 Å². The maximum absolute atomic E-state index is 11.2. The van der Waals surface area contributed by atoms with Gasteiger partial charge in [-0.15, -0.1) is 0 Å². The van der Waals surface area contributed by atoms with Gasteiger partial charge in [0.25, 0.3) is 0 Å². The Morgan fingerprint density at radius 2 is 2.00 bits per heavy atom. The molecule has 1 aromatic rings. The van der Waals surface area contributed by atoms with Crippen LogP contribution in [0.1, 0.15) is 43.0 Å². The lowest BCUT2D eigenvalue weighted by Crippen LogP contribution is -2.26. The maximum Gasteiger partial charge on any atom is 0.337 e. The van der Waals surface area contributed by atoms with Gasteiger partial charge in [-0.2, -0.15) is 0 Å². The van der Waals surface area contributed by atoms with Crippen molar-refractivity contribution in [3.8, 4) is 0 Å². The molecule has 1 aliphatic carbocycles. The van der Waals surface area contributed by atoms with E-state index < -0.39 is 5.97 Å². The number of carboxylic acids is 1. The van der Waals surface area contributed by atoms with Crippen LogP contribution in [0.3, 0.4) is 0 Å². The quantitative estimate of drug-likeness (QED) is 0.882. The minimum atomic E-state index is -0.880. The first-order chi connectivity index (χ1) is 8.56. The Labute approximate surface area is 116 Å². The highest BCUT2D eigenvalue weighted by Crippen LogP contribution is 2.28. The highest BCUT2D eigenvalue weighted by molar-refractivity contribution is 9.10. The van der Waals surface area contributed by atoms with Crippen molar-refractivity contribution in [2.75, 3.05) is 5.32 Å². The van der Waals surface area contributed by atoms with Crippen LogP contribution in [0.2, 0.25) is 0 Å². The summed E-state index contributed by atoms with van der Waals surface area (Å²) in [6, 6.07) is 5.65. The van der Waals surface area contributed by atoms with Crippen molar-refractivity contribution in [1.29, 1.82) is 0 Å².